The highest BCUT2D eigenvalue weighted by Gasteiger charge is 2.24. The number of amides is 1. The summed E-state index contributed by atoms with van der Waals surface area (Å²) in [5.74, 6) is -0.989. The molecule has 0 rings (SSSR count). The van der Waals surface area contributed by atoms with Crippen molar-refractivity contribution in [1.29, 1.82) is 0 Å². The molecule has 1 amide bonds. The Balaban J connectivity index is 4.05. The van der Waals surface area contributed by atoms with Gasteiger partial charge in [-0.05, 0) is 44.9 Å². The first kappa shape index (κ1) is 39.8. The lowest BCUT2D eigenvalue weighted by Crippen LogP contribution is -2.46. The molecule has 6 nitrogen and oxygen atoms in total. The van der Waals surface area contributed by atoms with Crippen LogP contribution in [0.5, 0.6) is 0 Å². The molecule has 0 fully saturated rings. The van der Waals surface area contributed by atoms with Gasteiger partial charge >= 0.3 is 0 Å². The molecule has 0 heterocycles. The van der Waals surface area contributed by atoms with E-state index in [9.17, 15) is 22.9 Å². The lowest BCUT2D eigenvalue weighted by molar-refractivity contribution is -0.122. The minimum absolute atomic E-state index is 0.287. The largest absolute Gasteiger partial charge is 0.387 e. The Bertz CT molecular complexity index is 750. The predicted molar refractivity (Wildman–Crippen MR) is 175 cm³/mol. The Kier molecular flexibility index (Phi) is 28.1. The molecule has 0 aromatic heterocycles. The molecule has 2 atom stereocenters. The van der Waals surface area contributed by atoms with Crippen LogP contribution in [0.25, 0.3) is 0 Å². The number of allylic oxidation sites excluding steroid dienone is 3. The number of hydrogen-bond acceptors (Lipinski definition) is 4. The summed E-state index contributed by atoms with van der Waals surface area (Å²) in [4.78, 5) is 12.4. The molecule has 0 spiro atoms. The van der Waals surface area contributed by atoms with E-state index in [1.807, 2.05) is 6.08 Å². The first-order chi connectivity index (χ1) is 19.8. The van der Waals surface area contributed by atoms with Crippen LogP contribution in [0.3, 0.4) is 0 Å². The standard InChI is InChI=1S/C34H65NO5S/c1-3-5-7-9-11-13-15-17-19-21-23-25-27-29-33(36)32(31-41(38,39)40)35-34(37)30-28-26-24-22-20-18-16-14-12-10-8-6-4-2/h14,16,27,29,32-33,36H,3-13,15,17-26,28,30-31H2,1-2H3,(H,35,37)(H,38,39,40)/b16-14-,29-27+. The smallest absolute Gasteiger partial charge is 0.267 e. The summed E-state index contributed by atoms with van der Waals surface area (Å²) in [5, 5.41) is 13.1. The summed E-state index contributed by atoms with van der Waals surface area (Å²) in [6.07, 6.45) is 34.4. The molecule has 0 aliphatic heterocycles. The van der Waals surface area contributed by atoms with E-state index < -0.39 is 28.0 Å². The quantitative estimate of drug-likeness (QED) is 0.0434. The molecule has 0 aliphatic rings. The van der Waals surface area contributed by atoms with Gasteiger partial charge in [0.1, 0.15) is 0 Å². The fourth-order valence-electron chi connectivity index (χ4n) is 5.03. The number of carbonyl (C=O) groups excluding carboxylic acids is 1. The third-order valence-electron chi connectivity index (χ3n) is 7.62. The molecule has 0 saturated heterocycles. The lowest BCUT2D eigenvalue weighted by atomic mass is 10.0. The number of nitrogens with one attached hydrogen (secondary N) is 1. The fraction of sp³-hybridized carbons (Fsp3) is 0.853. The Labute approximate surface area is 254 Å². The second-order valence-electron chi connectivity index (χ2n) is 11.8. The van der Waals surface area contributed by atoms with Gasteiger partial charge in [0.15, 0.2) is 0 Å². The zero-order valence-corrected chi connectivity index (χ0v) is 27.5. The normalized spacial score (nSPS) is 13.8. The molecule has 41 heavy (non-hydrogen) atoms. The van der Waals surface area contributed by atoms with Gasteiger partial charge in [-0.25, -0.2) is 0 Å². The maximum atomic E-state index is 12.4. The minimum Gasteiger partial charge on any atom is -0.387 e. The third-order valence-corrected chi connectivity index (χ3v) is 8.40. The predicted octanol–water partition coefficient (Wildman–Crippen LogP) is 9.23. The van der Waals surface area contributed by atoms with Crippen LogP contribution >= 0.6 is 0 Å². The Hall–Kier alpha value is -1.18. The van der Waals surface area contributed by atoms with Crippen molar-refractivity contribution < 1.29 is 22.9 Å². The highest BCUT2D eigenvalue weighted by Crippen LogP contribution is 2.13. The first-order valence-corrected chi connectivity index (χ1v) is 18.6. The van der Waals surface area contributed by atoms with Crippen molar-refractivity contribution in [2.75, 3.05) is 5.75 Å². The molecule has 0 aromatic rings. The van der Waals surface area contributed by atoms with Gasteiger partial charge in [0.25, 0.3) is 10.1 Å². The van der Waals surface area contributed by atoms with Crippen molar-refractivity contribution >= 4 is 16.0 Å². The van der Waals surface area contributed by atoms with Crippen molar-refractivity contribution in [2.45, 2.75) is 180 Å². The Morgan fingerprint density at radius 3 is 1.49 bits per heavy atom. The highest BCUT2D eigenvalue weighted by molar-refractivity contribution is 7.85. The van der Waals surface area contributed by atoms with Crippen molar-refractivity contribution in [3.63, 3.8) is 0 Å². The van der Waals surface area contributed by atoms with E-state index in [4.69, 9.17) is 0 Å². The van der Waals surface area contributed by atoms with Crippen molar-refractivity contribution in [3.8, 4) is 0 Å². The molecule has 242 valence electrons. The molecular formula is C34H65NO5S. The Morgan fingerprint density at radius 2 is 1.02 bits per heavy atom. The molecule has 0 radical (unpaired) electrons. The fourth-order valence-corrected chi connectivity index (χ4v) is 5.76. The van der Waals surface area contributed by atoms with Crippen molar-refractivity contribution in [3.05, 3.63) is 24.3 Å². The molecule has 7 heteroatoms. The first-order valence-electron chi connectivity index (χ1n) is 17.0. The molecule has 3 N–H and O–H groups in total. The van der Waals surface area contributed by atoms with Crippen molar-refractivity contribution in [2.24, 2.45) is 0 Å². The SMILES string of the molecule is CCCCCC/C=C\CCCCCCCC(=O)NC(CS(=O)(=O)O)C(O)/C=C/CCCCCCCCCCCCC. The van der Waals surface area contributed by atoms with Crippen LogP contribution < -0.4 is 5.32 Å². The van der Waals surface area contributed by atoms with E-state index in [0.29, 0.717) is 0 Å². The third kappa shape index (κ3) is 30.1. The van der Waals surface area contributed by atoms with Gasteiger partial charge in [-0.3, -0.25) is 9.35 Å². The van der Waals surface area contributed by atoms with E-state index in [1.54, 1.807) is 6.08 Å². The van der Waals surface area contributed by atoms with Gasteiger partial charge in [0, 0.05) is 6.42 Å². The zero-order valence-electron chi connectivity index (χ0n) is 26.7. The summed E-state index contributed by atoms with van der Waals surface area (Å²) in [6.45, 7) is 4.47. The lowest BCUT2D eigenvalue weighted by Gasteiger charge is -2.21. The van der Waals surface area contributed by atoms with Crippen molar-refractivity contribution in [1.82, 2.24) is 5.32 Å². The molecule has 2 unspecified atom stereocenters. The number of aliphatic hydroxyl groups is 1. The van der Waals surface area contributed by atoms with Gasteiger partial charge in [0.05, 0.1) is 17.9 Å². The summed E-state index contributed by atoms with van der Waals surface area (Å²) >= 11 is 0. The average Bonchev–Trinajstić information content (AvgIpc) is 2.92. The van der Waals surface area contributed by atoms with Gasteiger partial charge in [-0.1, -0.05) is 141 Å². The molecule has 0 aliphatic carbocycles. The van der Waals surface area contributed by atoms with Gasteiger partial charge < -0.3 is 10.4 Å². The van der Waals surface area contributed by atoms with Crippen LogP contribution in [-0.4, -0.2) is 41.9 Å². The topological polar surface area (TPSA) is 104 Å². The van der Waals surface area contributed by atoms with Gasteiger partial charge in [-0.2, -0.15) is 8.42 Å². The summed E-state index contributed by atoms with van der Waals surface area (Å²) in [5.41, 5.74) is 0. The number of aliphatic hydroxyl groups excluding tert-OH is 1. The van der Waals surface area contributed by atoms with Crippen LogP contribution in [0.4, 0.5) is 0 Å². The Morgan fingerprint density at radius 1 is 0.634 bits per heavy atom. The number of rotatable bonds is 30. The molecule has 0 aromatic carbocycles. The summed E-state index contributed by atoms with van der Waals surface area (Å²) in [6, 6.07) is -1.06. The van der Waals surface area contributed by atoms with Crippen LogP contribution in [0, 0.1) is 0 Å². The van der Waals surface area contributed by atoms with E-state index in [-0.39, 0.29) is 12.3 Å². The maximum absolute atomic E-state index is 12.4. The van der Waals surface area contributed by atoms with E-state index in [1.165, 1.54) is 89.9 Å². The van der Waals surface area contributed by atoms with Crippen LogP contribution in [-0.2, 0) is 14.9 Å². The maximum Gasteiger partial charge on any atom is 0.267 e. The number of carbonyl (C=O) groups is 1. The highest BCUT2D eigenvalue weighted by atomic mass is 32.2. The van der Waals surface area contributed by atoms with E-state index >= 15 is 0 Å². The van der Waals surface area contributed by atoms with E-state index in [2.05, 4.69) is 31.3 Å². The zero-order chi connectivity index (χ0) is 30.4. The minimum atomic E-state index is -4.33. The van der Waals surface area contributed by atoms with Gasteiger partial charge in [-0.15, -0.1) is 0 Å². The molecule has 0 saturated carbocycles. The molecule has 0 bridgehead atoms. The van der Waals surface area contributed by atoms with E-state index in [0.717, 1.165) is 57.8 Å². The van der Waals surface area contributed by atoms with Crippen LogP contribution in [0.1, 0.15) is 168 Å². The van der Waals surface area contributed by atoms with Crippen LogP contribution in [0.2, 0.25) is 0 Å². The summed E-state index contributed by atoms with van der Waals surface area (Å²) in [7, 11) is -4.33. The monoisotopic (exact) mass is 599 g/mol. The average molecular weight is 600 g/mol. The second kappa shape index (κ2) is 28.9. The van der Waals surface area contributed by atoms with Gasteiger partial charge in [0.2, 0.25) is 5.91 Å². The number of unbranched alkanes of at least 4 members (excludes halogenated alkanes) is 20. The summed E-state index contributed by atoms with van der Waals surface area (Å²) < 4.78 is 32.2. The van der Waals surface area contributed by atoms with Crippen LogP contribution in [0.15, 0.2) is 24.3 Å². The second-order valence-corrected chi connectivity index (χ2v) is 13.3. The molecular weight excluding hydrogens is 534 g/mol. The number of hydrogen-bond donors (Lipinski definition) is 3.